The van der Waals surface area contributed by atoms with Crippen LogP contribution in [0.2, 0.25) is 0 Å². The van der Waals surface area contributed by atoms with E-state index in [1.54, 1.807) is 6.20 Å². The van der Waals surface area contributed by atoms with E-state index in [4.69, 9.17) is 4.52 Å². The highest BCUT2D eigenvalue weighted by Crippen LogP contribution is 2.14. The van der Waals surface area contributed by atoms with Gasteiger partial charge in [0.25, 0.3) is 0 Å². The van der Waals surface area contributed by atoms with Crippen molar-refractivity contribution in [3.8, 4) is 11.5 Å². The maximum atomic E-state index is 12.0. The van der Waals surface area contributed by atoms with Crippen molar-refractivity contribution in [3.63, 3.8) is 0 Å². The topological polar surface area (TPSA) is 80.9 Å². The molecule has 1 N–H and O–H groups in total. The van der Waals surface area contributed by atoms with Gasteiger partial charge in [-0.05, 0) is 36.2 Å². The highest BCUT2D eigenvalue weighted by atomic mass is 16.5. The molecular formula is C18H18N4O2. The summed E-state index contributed by atoms with van der Waals surface area (Å²) in [6.45, 7) is 2.08. The second kappa shape index (κ2) is 7.50. The third-order valence-corrected chi connectivity index (χ3v) is 3.55. The van der Waals surface area contributed by atoms with Crippen molar-refractivity contribution in [2.75, 3.05) is 5.32 Å². The van der Waals surface area contributed by atoms with Gasteiger partial charge in [0.2, 0.25) is 17.6 Å². The first-order chi connectivity index (χ1) is 11.7. The number of amides is 1. The van der Waals surface area contributed by atoms with Crippen LogP contribution >= 0.6 is 0 Å². The molecule has 1 amide bonds. The fraction of sp³-hybridized carbons (Fsp3) is 0.222. The molecule has 2 aromatic heterocycles. The zero-order valence-electron chi connectivity index (χ0n) is 13.4. The van der Waals surface area contributed by atoms with Crippen LogP contribution in [0, 0.1) is 0 Å². The molecule has 0 radical (unpaired) electrons. The van der Waals surface area contributed by atoms with Crippen LogP contribution in [0.25, 0.3) is 11.5 Å². The van der Waals surface area contributed by atoms with Crippen LogP contribution in [-0.4, -0.2) is 21.0 Å². The standard InChI is InChI=1S/C18H18N4O2/c1-2-13-6-5-7-14(12-13)20-16(23)9-10-17-21-18(22-24-17)15-8-3-4-11-19-15/h3-8,11-12H,2,9-10H2,1H3,(H,20,23). The Balaban J connectivity index is 1.56. The molecule has 0 aliphatic heterocycles. The number of rotatable bonds is 6. The van der Waals surface area contributed by atoms with Crippen molar-refractivity contribution in [3.05, 3.63) is 60.1 Å². The van der Waals surface area contributed by atoms with E-state index in [9.17, 15) is 4.79 Å². The molecule has 0 unspecified atom stereocenters. The normalized spacial score (nSPS) is 10.5. The van der Waals surface area contributed by atoms with Gasteiger partial charge in [0.05, 0.1) is 0 Å². The van der Waals surface area contributed by atoms with E-state index in [0.29, 0.717) is 23.8 Å². The summed E-state index contributed by atoms with van der Waals surface area (Å²) in [5.74, 6) is 0.774. The van der Waals surface area contributed by atoms with Gasteiger partial charge in [-0.1, -0.05) is 30.3 Å². The molecule has 0 bridgehead atoms. The van der Waals surface area contributed by atoms with Gasteiger partial charge in [0.15, 0.2) is 0 Å². The molecule has 0 aliphatic rings. The number of aromatic nitrogens is 3. The van der Waals surface area contributed by atoms with E-state index in [1.165, 1.54) is 5.56 Å². The Hall–Kier alpha value is -3.02. The molecule has 0 atom stereocenters. The number of hydrogen-bond donors (Lipinski definition) is 1. The summed E-state index contributed by atoms with van der Waals surface area (Å²) in [4.78, 5) is 20.5. The molecule has 0 fully saturated rings. The average Bonchev–Trinajstić information content (AvgIpc) is 3.10. The monoisotopic (exact) mass is 322 g/mol. The van der Waals surface area contributed by atoms with Gasteiger partial charge in [-0.25, -0.2) is 0 Å². The summed E-state index contributed by atoms with van der Waals surface area (Å²) >= 11 is 0. The van der Waals surface area contributed by atoms with Crippen LogP contribution in [0.4, 0.5) is 5.69 Å². The predicted molar refractivity (Wildman–Crippen MR) is 90.3 cm³/mol. The van der Waals surface area contributed by atoms with Crippen LogP contribution in [0.5, 0.6) is 0 Å². The molecule has 0 saturated carbocycles. The zero-order valence-corrected chi connectivity index (χ0v) is 13.4. The molecule has 24 heavy (non-hydrogen) atoms. The third-order valence-electron chi connectivity index (χ3n) is 3.55. The summed E-state index contributed by atoms with van der Waals surface area (Å²) in [7, 11) is 0. The number of carbonyl (C=O) groups is 1. The lowest BCUT2D eigenvalue weighted by molar-refractivity contribution is -0.116. The summed E-state index contributed by atoms with van der Waals surface area (Å²) in [6, 6.07) is 13.3. The molecule has 3 aromatic rings. The van der Waals surface area contributed by atoms with Gasteiger partial charge < -0.3 is 9.84 Å². The maximum Gasteiger partial charge on any atom is 0.227 e. The Bertz CT molecular complexity index is 815. The van der Waals surface area contributed by atoms with Crippen molar-refractivity contribution in [1.82, 2.24) is 15.1 Å². The highest BCUT2D eigenvalue weighted by molar-refractivity contribution is 5.90. The Kier molecular flexibility index (Phi) is 4.96. The first-order valence-electron chi connectivity index (χ1n) is 7.87. The van der Waals surface area contributed by atoms with Gasteiger partial charge in [-0.3, -0.25) is 9.78 Å². The minimum atomic E-state index is -0.0826. The summed E-state index contributed by atoms with van der Waals surface area (Å²) < 4.78 is 5.18. The Morgan fingerprint density at radius 3 is 2.92 bits per heavy atom. The summed E-state index contributed by atoms with van der Waals surface area (Å²) in [6.07, 6.45) is 3.27. The molecule has 1 aromatic carbocycles. The number of anilines is 1. The Labute approximate surface area is 139 Å². The summed E-state index contributed by atoms with van der Waals surface area (Å²) in [5.41, 5.74) is 2.64. The van der Waals surface area contributed by atoms with Crippen molar-refractivity contribution >= 4 is 11.6 Å². The Morgan fingerprint density at radius 1 is 1.21 bits per heavy atom. The number of aryl methyl sites for hydroxylation is 2. The van der Waals surface area contributed by atoms with Crippen LogP contribution in [0.1, 0.15) is 24.8 Å². The molecule has 0 aliphatic carbocycles. The zero-order chi connectivity index (χ0) is 16.8. The molecule has 6 nitrogen and oxygen atoms in total. The lowest BCUT2D eigenvalue weighted by Crippen LogP contribution is -2.12. The molecular weight excluding hydrogens is 304 g/mol. The minimum Gasteiger partial charge on any atom is -0.339 e. The number of carbonyl (C=O) groups excluding carboxylic acids is 1. The minimum absolute atomic E-state index is 0.0826. The second-order valence-corrected chi connectivity index (χ2v) is 5.33. The van der Waals surface area contributed by atoms with Crippen LogP contribution in [-0.2, 0) is 17.6 Å². The molecule has 2 heterocycles. The predicted octanol–water partition coefficient (Wildman–Crippen LogP) is 3.27. The lowest BCUT2D eigenvalue weighted by Gasteiger charge is -2.05. The van der Waals surface area contributed by atoms with E-state index < -0.39 is 0 Å². The van der Waals surface area contributed by atoms with E-state index >= 15 is 0 Å². The molecule has 0 saturated heterocycles. The van der Waals surface area contributed by atoms with Crippen molar-refractivity contribution in [1.29, 1.82) is 0 Å². The number of benzene rings is 1. The van der Waals surface area contributed by atoms with E-state index in [2.05, 4.69) is 27.4 Å². The molecule has 0 spiro atoms. The number of nitrogens with one attached hydrogen (secondary N) is 1. The SMILES string of the molecule is CCc1cccc(NC(=O)CCc2nc(-c3ccccn3)no2)c1. The van der Waals surface area contributed by atoms with Crippen LogP contribution < -0.4 is 5.32 Å². The van der Waals surface area contributed by atoms with Crippen LogP contribution in [0.15, 0.2) is 53.2 Å². The quantitative estimate of drug-likeness (QED) is 0.753. The van der Waals surface area contributed by atoms with E-state index in [-0.39, 0.29) is 12.3 Å². The van der Waals surface area contributed by atoms with Gasteiger partial charge in [0, 0.05) is 24.7 Å². The fourth-order valence-electron chi connectivity index (χ4n) is 2.27. The first-order valence-corrected chi connectivity index (χ1v) is 7.87. The van der Waals surface area contributed by atoms with E-state index in [0.717, 1.165) is 12.1 Å². The van der Waals surface area contributed by atoms with Crippen molar-refractivity contribution in [2.45, 2.75) is 26.2 Å². The van der Waals surface area contributed by atoms with E-state index in [1.807, 2.05) is 42.5 Å². The van der Waals surface area contributed by atoms with Gasteiger partial charge in [-0.2, -0.15) is 4.98 Å². The molecule has 3 rings (SSSR count). The highest BCUT2D eigenvalue weighted by Gasteiger charge is 2.11. The number of nitrogens with zero attached hydrogens (tertiary/aromatic N) is 3. The third kappa shape index (κ3) is 4.04. The molecule has 122 valence electrons. The average molecular weight is 322 g/mol. The Morgan fingerprint density at radius 2 is 2.12 bits per heavy atom. The van der Waals surface area contributed by atoms with Gasteiger partial charge >= 0.3 is 0 Å². The fourth-order valence-corrected chi connectivity index (χ4v) is 2.27. The van der Waals surface area contributed by atoms with Crippen molar-refractivity contribution < 1.29 is 9.32 Å². The largest absolute Gasteiger partial charge is 0.339 e. The maximum absolute atomic E-state index is 12.0. The summed E-state index contributed by atoms with van der Waals surface area (Å²) in [5, 5.41) is 6.77. The van der Waals surface area contributed by atoms with Gasteiger partial charge in [-0.15, -0.1) is 0 Å². The van der Waals surface area contributed by atoms with Crippen molar-refractivity contribution in [2.24, 2.45) is 0 Å². The van der Waals surface area contributed by atoms with Gasteiger partial charge in [0.1, 0.15) is 5.69 Å². The lowest BCUT2D eigenvalue weighted by atomic mass is 10.1. The molecule has 6 heteroatoms. The number of pyridine rings is 1. The first kappa shape index (κ1) is 15.9. The van der Waals surface area contributed by atoms with Crippen LogP contribution in [0.3, 0.4) is 0 Å². The second-order valence-electron chi connectivity index (χ2n) is 5.33. The smallest absolute Gasteiger partial charge is 0.227 e. The number of hydrogen-bond acceptors (Lipinski definition) is 5.